The summed E-state index contributed by atoms with van der Waals surface area (Å²) in [5.74, 6) is 2.13. The number of oxazole rings is 1. The number of aryl methyl sites for hydroxylation is 1. The SMILES string of the molecule is CN=C(NCc1ncc(-c2ccc(C)cc2)o1)NC(C)(C)C.I. The number of nitrogens with one attached hydrogen (secondary N) is 2. The Labute approximate surface area is 155 Å². The lowest BCUT2D eigenvalue weighted by atomic mass is 10.1. The predicted molar refractivity (Wildman–Crippen MR) is 105 cm³/mol. The van der Waals surface area contributed by atoms with Gasteiger partial charge in [-0.1, -0.05) is 29.8 Å². The van der Waals surface area contributed by atoms with Crippen LogP contribution in [-0.4, -0.2) is 23.5 Å². The van der Waals surface area contributed by atoms with Gasteiger partial charge in [-0.3, -0.25) is 4.99 Å². The van der Waals surface area contributed by atoms with E-state index in [4.69, 9.17) is 4.42 Å². The van der Waals surface area contributed by atoms with E-state index >= 15 is 0 Å². The molecule has 0 amide bonds. The average Bonchev–Trinajstić information content (AvgIpc) is 2.92. The zero-order chi connectivity index (χ0) is 16.2. The Morgan fingerprint density at radius 3 is 2.43 bits per heavy atom. The minimum absolute atomic E-state index is 0. The fraction of sp³-hybridized carbons (Fsp3) is 0.412. The summed E-state index contributed by atoms with van der Waals surface area (Å²) in [6.45, 7) is 8.80. The van der Waals surface area contributed by atoms with Gasteiger partial charge in [0.15, 0.2) is 11.7 Å². The van der Waals surface area contributed by atoms with Crippen molar-refractivity contribution in [1.82, 2.24) is 15.6 Å². The lowest BCUT2D eigenvalue weighted by Gasteiger charge is -2.23. The second-order valence-electron chi connectivity index (χ2n) is 6.29. The molecule has 0 spiro atoms. The van der Waals surface area contributed by atoms with Crippen LogP contribution in [0.1, 0.15) is 32.2 Å². The molecular formula is C17H25IN4O. The number of nitrogens with zero attached hydrogens (tertiary/aromatic N) is 2. The standard InChI is InChI=1S/C17H24N4O.HI/c1-12-6-8-13(9-7-12)14-10-19-15(22-14)11-20-16(18-5)21-17(2,3)4;/h6-10H,11H2,1-5H3,(H2,18,20,21);1H. The van der Waals surface area contributed by atoms with Crippen molar-refractivity contribution >= 4 is 29.9 Å². The number of aromatic nitrogens is 1. The van der Waals surface area contributed by atoms with Gasteiger partial charge in [0.25, 0.3) is 0 Å². The van der Waals surface area contributed by atoms with Crippen molar-refractivity contribution in [2.24, 2.45) is 4.99 Å². The predicted octanol–water partition coefficient (Wildman–Crippen LogP) is 3.73. The minimum Gasteiger partial charge on any atom is -0.439 e. The van der Waals surface area contributed by atoms with E-state index in [9.17, 15) is 0 Å². The number of rotatable bonds is 3. The molecule has 0 aliphatic rings. The summed E-state index contributed by atoms with van der Waals surface area (Å²) in [6.07, 6.45) is 1.75. The van der Waals surface area contributed by atoms with Crippen molar-refractivity contribution in [2.75, 3.05) is 7.05 Å². The fourth-order valence-electron chi connectivity index (χ4n) is 1.94. The number of halogens is 1. The molecule has 1 aromatic heterocycles. The highest BCUT2D eigenvalue weighted by Crippen LogP contribution is 2.20. The lowest BCUT2D eigenvalue weighted by molar-refractivity contribution is 0.479. The van der Waals surface area contributed by atoms with Gasteiger partial charge in [-0.2, -0.15) is 0 Å². The third kappa shape index (κ3) is 6.21. The first-order chi connectivity index (χ1) is 10.4. The van der Waals surface area contributed by atoms with Crippen LogP contribution in [0.3, 0.4) is 0 Å². The Balaban J connectivity index is 0.00000264. The van der Waals surface area contributed by atoms with Crippen LogP contribution < -0.4 is 10.6 Å². The Morgan fingerprint density at radius 1 is 1.22 bits per heavy atom. The molecule has 1 heterocycles. The molecule has 2 rings (SSSR count). The van der Waals surface area contributed by atoms with Crippen LogP contribution in [0, 0.1) is 6.92 Å². The number of aliphatic imine (C=N–C) groups is 1. The first-order valence-corrected chi connectivity index (χ1v) is 7.38. The molecule has 5 nitrogen and oxygen atoms in total. The average molecular weight is 428 g/mol. The molecule has 0 saturated heterocycles. The van der Waals surface area contributed by atoms with Gasteiger partial charge in [0.05, 0.1) is 12.7 Å². The van der Waals surface area contributed by atoms with Crippen molar-refractivity contribution in [1.29, 1.82) is 0 Å². The monoisotopic (exact) mass is 428 g/mol. The summed E-state index contributed by atoms with van der Waals surface area (Å²) >= 11 is 0. The molecule has 0 fully saturated rings. The second kappa shape index (κ2) is 8.33. The van der Waals surface area contributed by atoms with Gasteiger partial charge in [0, 0.05) is 18.2 Å². The zero-order valence-electron chi connectivity index (χ0n) is 14.3. The molecule has 0 aliphatic heterocycles. The second-order valence-corrected chi connectivity index (χ2v) is 6.29. The van der Waals surface area contributed by atoms with Crippen molar-refractivity contribution < 1.29 is 4.42 Å². The van der Waals surface area contributed by atoms with E-state index in [1.54, 1.807) is 13.2 Å². The van der Waals surface area contributed by atoms with Gasteiger partial charge in [0.1, 0.15) is 0 Å². The smallest absolute Gasteiger partial charge is 0.214 e. The Morgan fingerprint density at radius 2 is 1.87 bits per heavy atom. The van der Waals surface area contributed by atoms with Crippen molar-refractivity contribution in [3.63, 3.8) is 0 Å². The van der Waals surface area contributed by atoms with Gasteiger partial charge >= 0.3 is 0 Å². The van der Waals surface area contributed by atoms with Gasteiger partial charge in [-0.25, -0.2) is 4.98 Å². The molecule has 0 bridgehead atoms. The van der Waals surface area contributed by atoms with E-state index in [1.165, 1.54) is 5.56 Å². The maximum atomic E-state index is 5.78. The Hall–Kier alpha value is -1.57. The van der Waals surface area contributed by atoms with E-state index in [-0.39, 0.29) is 29.5 Å². The zero-order valence-corrected chi connectivity index (χ0v) is 16.6. The van der Waals surface area contributed by atoms with E-state index in [2.05, 4.69) is 60.4 Å². The maximum absolute atomic E-state index is 5.78. The fourth-order valence-corrected chi connectivity index (χ4v) is 1.94. The van der Waals surface area contributed by atoms with E-state index in [1.807, 2.05) is 12.1 Å². The molecule has 0 atom stereocenters. The highest BCUT2D eigenvalue weighted by Gasteiger charge is 2.12. The van der Waals surface area contributed by atoms with Crippen LogP contribution in [0.2, 0.25) is 0 Å². The van der Waals surface area contributed by atoms with Crippen molar-refractivity contribution in [2.45, 2.75) is 39.8 Å². The summed E-state index contributed by atoms with van der Waals surface area (Å²) in [6, 6.07) is 8.19. The van der Waals surface area contributed by atoms with Gasteiger partial charge in [-0.05, 0) is 27.7 Å². The minimum atomic E-state index is -0.0501. The van der Waals surface area contributed by atoms with Crippen LogP contribution in [0.15, 0.2) is 39.9 Å². The summed E-state index contributed by atoms with van der Waals surface area (Å²) in [5.41, 5.74) is 2.20. The van der Waals surface area contributed by atoms with Gasteiger partial charge in [-0.15, -0.1) is 24.0 Å². The number of guanidine groups is 1. The summed E-state index contributed by atoms with van der Waals surface area (Å²) in [5, 5.41) is 6.49. The largest absolute Gasteiger partial charge is 0.439 e. The van der Waals surface area contributed by atoms with E-state index in [0.29, 0.717) is 12.4 Å². The van der Waals surface area contributed by atoms with Crippen LogP contribution in [0.5, 0.6) is 0 Å². The summed E-state index contributed by atoms with van der Waals surface area (Å²) in [4.78, 5) is 8.49. The van der Waals surface area contributed by atoms with Crippen molar-refractivity contribution in [3.05, 3.63) is 41.9 Å². The third-order valence-corrected chi connectivity index (χ3v) is 3.01. The first-order valence-electron chi connectivity index (χ1n) is 7.38. The molecule has 2 aromatic rings. The van der Waals surface area contributed by atoms with Gasteiger partial charge in [0.2, 0.25) is 5.89 Å². The van der Waals surface area contributed by atoms with Crippen LogP contribution in [-0.2, 0) is 6.54 Å². The lowest BCUT2D eigenvalue weighted by Crippen LogP contribution is -2.47. The molecule has 0 aliphatic carbocycles. The first kappa shape index (κ1) is 19.5. The quantitative estimate of drug-likeness (QED) is 0.444. The Bertz CT molecular complexity index is 641. The molecule has 6 heteroatoms. The highest BCUT2D eigenvalue weighted by atomic mass is 127. The summed E-state index contributed by atoms with van der Waals surface area (Å²) < 4.78 is 5.78. The Kier molecular flexibility index (Phi) is 7.05. The summed E-state index contributed by atoms with van der Waals surface area (Å²) in [7, 11) is 1.74. The molecule has 0 unspecified atom stereocenters. The topological polar surface area (TPSA) is 62.5 Å². The molecule has 23 heavy (non-hydrogen) atoms. The number of benzene rings is 1. The molecular weight excluding hydrogens is 403 g/mol. The number of hydrogen-bond donors (Lipinski definition) is 2. The normalized spacial score (nSPS) is 11.8. The molecule has 126 valence electrons. The number of hydrogen-bond acceptors (Lipinski definition) is 3. The van der Waals surface area contributed by atoms with E-state index < -0.39 is 0 Å². The molecule has 0 saturated carbocycles. The third-order valence-electron chi connectivity index (χ3n) is 3.01. The van der Waals surface area contributed by atoms with Crippen LogP contribution >= 0.6 is 24.0 Å². The molecule has 1 aromatic carbocycles. The maximum Gasteiger partial charge on any atom is 0.214 e. The van der Waals surface area contributed by atoms with Gasteiger partial charge < -0.3 is 15.1 Å². The molecule has 2 N–H and O–H groups in total. The van der Waals surface area contributed by atoms with Crippen molar-refractivity contribution in [3.8, 4) is 11.3 Å². The van der Waals surface area contributed by atoms with E-state index in [0.717, 1.165) is 17.3 Å². The van der Waals surface area contributed by atoms with Crippen LogP contribution in [0.25, 0.3) is 11.3 Å². The van der Waals surface area contributed by atoms with Crippen LogP contribution in [0.4, 0.5) is 0 Å². The highest BCUT2D eigenvalue weighted by molar-refractivity contribution is 14.0. The molecule has 0 radical (unpaired) electrons.